The quantitative estimate of drug-likeness (QED) is 0.714. The average Bonchev–Trinajstić information content (AvgIpc) is 3.02. The Hall–Kier alpha value is -2.77. The van der Waals surface area contributed by atoms with Crippen LogP contribution in [-0.2, 0) is 6.61 Å². The van der Waals surface area contributed by atoms with Gasteiger partial charge in [0.2, 0.25) is 5.89 Å². The summed E-state index contributed by atoms with van der Waals surface area (Å²) in [5.41, 5.74) is 1.45. The molecule has 0 atom stereocenters. The van der Waals surface area contributed by atoms with Crippen LogP contribution in [0.1, 0.15) is 11.5 Å². The molecule has 0 aliphatic rings. The van der Waals surface area contributed by atoms with E-state index in [4.69, 9.17) is 26.0 Å². The van der Waals surface area contributed by atoms with Crippen molar-refractivity contribution in [3.63, 3.8) is 0 Å². The van der Waals surface area contributed by atoms with Gasteiger partial charge in [0.05, 0.1) is 17.8 Å². The molecule has 0 N–H and O–H groups in total. The van der Waals surface area contributed by atoms with Crippen molar-refractivity contribution in [2.75, 3.05) is 0 Å². The lowest BCUT2D eigenvalue weighted by Crippen LogP contribution is -1.95. The smallest absolute Gasteiger partial charge is 0.232 e. The van der Waals surface area contributed by atoms with Crippen LogP contribution in [0.3, 0.4) is 0 Å². The Balaban J connectivity index is 1.68. The number of nitrogens with zero attached hydrogens (tertiary/aromatic N) is 2. The summed E-state index contributed by atoms with van der Waals surface area (Å²) >= 11 is 5.96. The van der Waals surface area contributed by atoms with Crippen molar-refractivity contribution < 1.29 is 9.15 Å². The van der Waals surface area contributed by atoms with Crippen LogP contribution in [0.15, 0.2) is 59.1 Å². The molecule has 3 rings (SSSR count). The second-order valence-electron chi connectivity index (χ2n) is 4.55. The third kappa shape index (κ3) is 3.27. The van der Waals surface area contributed by atoms with Gasteiger partial charge < -0.3 is 9.15 Å². The molecule has 0 fully saturated rings. The van der Waals surface area contributed by atoms with Crippen molar-refractivity contribution in [1.82, 2.24) is 4.98 Å². The van der Waals surface area contributed by atoms with Gasteiger partial charge in [0.25, 0.3) is 0 Å². The fraction of sp³-hybridized carbons (Fsp3) is 0.0588. The number of hydrogen-bond acceptors (Lipinski definition) is 4. The number of nitriles is 1. The summed E-state index contributed by atoms with van der Waals surface area (Å²) < 4.78 is 11.2. The van der Waals surface area contributed by atoms with E-state index in [0.29, 0.717) is 28.0 Å². The topological polar surface area (TPSA) is 59.0 Å². The van der Waals surface area contributed by atoms with Crippen molar-refractivity contribution in [2.45, 2.75) is 6.61 Å². The Bertz CT molecular complexity index is 819. The van der Waals surface area contributed by atoms with Crippen molar-refractivity contribution >= 4 is 11.6 Å². The van der Waals surface area contributed by atoms with Crippen LogP contribution in [0.5, 0.6) is 5.75 Å². The highest BCUT2D eigenvalue weighted by molar-refractivity contribution is 6.30. The summed E-state index contributed by atoms with van der Waals surface area (Å²) in [6.07, 6.45) is 1.64. The van der Waals surface area contributed by atoms with Gasteiger partial charge in [-0.25, -0.2) is 4.98 Å². The van der Waals surface area contributed by atoms with E-state index in [1.807, 2.05) is 18.2 Å². The largest absolute Gasteiger partial charge is 0.484 e. The predicted molar refractivity (Wildman–Crippen MR) is 82.4 cm³/mol. The molecule has 1 heterocycles. The number of halogens is 1. The number of ether oxygens (including phenoxy) is 1. The molecule has 22 heavy (non-hydrogen) atoms. The van der Waals surface area contributed by atoms with E-state index < -0.39 is 0 Å². The molecule has 0 aliphatic carbocycles. The normalized spacial score (nSPS) is 10.2. The van der Waals surface area contributed by atoms with Crippen LogP contribution in [0.2, 0.25) is 5.02 Å². The zero-order chi connectivity index (χ0) is 15.4. The second-order valence-corrected chi connectivity index (χ2v) is 4.99. The number of aromatic nitrogens is 1. The van der Waals surface area contributed by atoms with Gasteiger partial charge in [-0.3, -0.25) is 0 Å². The predicted octanol–water partition coefficient (Wildman–Crippen LogP) is 4.45. The molecule has 4 nitrogen and oxygen atoms in total. The van der Waals surface area contributed by atoms with Crippen LogP contribution < -0.4 is 4.74 Å². The van der Waals surface area contributed by atoms with E-state index in [9.17, 15) is 0 Å². The van der Waals surface area contributed by atoms with E-state index in [2.05, 4.69) is 11.1 Å². The lowest BCUT2D eigenvalue weighted by Gasteiger charge is -2.03. The van der Waals surface area contributed by atoms with Gasteiger partial charge in [-0.05, 0) is 36.4 Å². The first-order valence-corrected chi connectivity index (χ1v) is 6.96. The first kappa shape index (κ1) is 14.2. The maximum absolute atomic E-state index is 8.74. The lowest BCUT2D eigenvalue weighted by atomic mass is 10.2. The molecule has 0 saturated heterocycles. The Morgan fingerprint density at radius 1 is 1.18 bits per heavy atom. The molecule has 5 heteroatoms. The van der Waals surface area contributed by atoms with Gasteiger partial charge in [0, 0.05) is 10.6 Å². The Labute approximate surface area is 132 Å². The van der Waals surface area contributed by atoms with E-state index in [1.165, 1.54) is 0 Å². The second kappa shape index (κ2) is 6.33. The third-order valence-electron chi connectivity index (χ3n) is 3.01. The summed E-state index contributed by atoms with van der Waals surface area (Å²) in [4.78, 5) is 4.18. The van der Waals surface area contributed by atoms with Gasteiger partial charge in [-0.15, -0.1) is 0 Å². The van der Waals surface area contributed by atoms with Crippen molar-refractivity contribution in [2.24, 2.45) is 0 Å². The van der Waals surface area contributed by atoms with E-state index in [0.717, 1.165) is 5.56 Å². The van der Waals surface area contributed by atoms with Gasteiger partial charge in [0.1, 0.15) is 5.75 Å². The van der Waals surface area contributed by atoms with E-state index in [-0.39, 0.29) is 6.61 Å². The van der Waals surface area contributed by atoms with Crippen LogP contribution in [0, 0.1) is 11.3 Å². The summed E-state index contributed by atoms with van der Waals surface area (Å²) in [5, 5.41) is 9.38. The van der Waals surface area contributed by atoms with Gasteiger partial charge in [0.15, 0.2) is 12.4 Å². The minimum atomic E-state index is 0.215. The van der Waals surface area contributed by atoms with Crippen molar-refractivity contribution in [1.29, 1.82) is 5.26 Å². The number of oxazole rings is 1. The standard InChI is InChI=1S/C17H11ClN2O2/c18-14-3-1-2-13(8-14)16-10-20-17(22-16)11-21-15-6-4-12(9-19)5-7-15/h1-8,10H,11H2. The fourth-order valence-electron chi connectivity index (χ4n) is 1.92. The van der Waals surface area contributed by atoms with Gasteiger partial charge >= 0.3 is 0 Å². The SMILES string of the molecule is N#Cc1ccc(OCc2ncc(-c3cccc(Cl)c3)o2)cc1. The van der Waals surface area contributed by atoms with Crippen molar-refractivity contribution in [3.05, 3.63) is 71.2 Å². The molecule has 108 valence electrons. The van der Waals surface area contributed by atoms with Crippen LogP contribution >= 0.6 is 11.6 Å². The maximum Gasteiger partial charge on any atom is 0.232 e. The van der Waals surface area contributed by atoms with Gasteiger partial charge in [-0.2, -0.15) is 5.26 Å². The van der Waals surface area contributed by atoms with Crippen LogP contribution in [0.4, 0.5) is 0 Å². The third-order valence-corrected chi connectivity index (χ3v) is 3.24. The highest BCUT2D eigenvalue weighted by Gasteiger charge is 2.07. The molecule has 0 saturated carbocycles. The van der Waals surface area contributed by atoms with Crippen molar-refractivity contribution in [3.8, 4) is 23.1 Å². The first-order chi connectivity index (χ1) is 10.7. The number of hydrogen-bond donors (Lipinski definition) is 0. The fourth-order valence-corrected chi connectivity index (χ4v) is 2.11. The average molecular weight is 311 g/mol. The molecule has 2 aromatic carbocycles. The van der Waals surface area contributed by atoms with E-state index >= 15 is 0 Å². The molecule has 0 spiro atoms. The zero-order valence-electron chi connectivity index (χ0n) is 11.5. The molecule has 0 bridgehead atoms. The zero-order valence-corrected chi connectivity index (χ0v) is 12.2. The molecule has 0 aliphatic heterocycles. The minimum absolute atomic E-state index is 0.215. The molecule has 3 aromatic rings. The molecular formula is C17H11ClN2O2. The molecular weight excluding hydrogens is 300 g/mol. The monoisotopic (exact) mass is 310 g/mol. The van der Waals surface area contributed by atoms with Crippen LogP contribution in [-0.4, -0.2) is 4.98 Å². The Morgan fingerprint density at radius 2 is 2.00 bits per heavy atom. The van der Waals surface area contributed by atoms with Crippen LogP contribution in [0.25, 0.3) is 11.3 Å². The summed E-state index contributed by atoms with van der Waals surface area (Å²) in [6.45, 7) is 0.215. The summed E-state index contributed by atoms with van der Waals surface area (Å²) in [6, 6.07) is 16.3. The van der Waals surface area contributed by atoms with Gasteiger partial charge in [-0.1, -0.05) is 23.7 Å². The lowest BCUT2D eigenvalue weighted by molar-refractivity contribution is 0.264. The highest BCUT2D eigenvalue weighted by atomic mass is 35.5. The number of benzene rings is 2. The molecule has 0 radical (unpaired) electrons. The summed E-state index contributed by atoms with van der Waals surface area (Å²) in [7, 11) is 0. The number of rotatable bonds is 4. The highest BCUT2D eigenvalue weighted by Crippen LogP contribution is 2.24. The Kier molecular flexibility index (Phi) is 4.08. The molecule has 0 amide bonds. The molecule has 0 unspecified atom stereocenters. The summed E-state index contributed by atoms with van der Waals surface area (Å²) in [5.74, 6) is 1.77. The Morgan fingerprint density at radius 3 is 2.73 bits per heavy atom. The maximum atomic E-state index is 8.74. The minimum Gasteiger partial charge on any atom is -0.484 e. The molecule has 1 aromatic heterocycles. The first-order valence-electron chi connectivity index (χ1n) is 6.58. The van der Waals surface area contributed by atoms with E-state index in [1.54, 1.807) is 36.5 Å².